The van der Waals surface area contributed by atoms with Crippen molar-refractivity contribution in [1.29, 1.82) is 0 Å². The number of nitrogens with zero attached hydrogens (tertiary/aromatic N) is 6. The SMILES string of the molecule is O=C(CSc1nccnc1N1CCN(c2ccccc2)CC1)N1CCN(c2ccc(F)cc2)CC1. The summed E-state index contributed by atoms with van der Waals surface area (Å²) in [4.78, 5) is 30.8. The zero-order chi connectivity index (χ0) is 24.0. The Morgan fingerprint density at radius 2 is 1.31 bits per heavy atom. The van der Waals surface area contributed by atoms with Crippen LogP contribution in [0.5, 0.6) is 0 Å². The van der Waals surface area contributed by atoms with E-state index in [0.29, 0.717) is 18.8 Å². The lowest BCUT2D eigenvalue weighted by atomic mass is 10.2. The van der Waals surface area contributed by atoms with Gasteiger partial charge in [-0.25, -0.2) is 14.4 Å². The second kappa shape index (κ2) is 10.9. The molecule has 2 saturated heterocycles. The summed E-state index contributed by atoms with van der Waals surface area (Å²) in [5.74, 6) is 1.08. The number of piperazine rings is 2. The van der Waals surface area contributed by atoms with Crippen molar-refractivity contribution in [2.45, 2.75) is 5.03 Å². The molecule has 1 amide bonds. The Morgan fingerprint density at radius 3 is 2.00 bits per heavy atom. The molecule has 0 bridgehead atoms. The molecule has 1 aromatic heterocycles. The smallest absolute Gasteiger partial charge is 0.233 e. The lowest BCUT2D eigenvalue weighted by Crippen LogP contribution is -2.49. The van der Waals surface area contributed by atoms with Gasteiger partial charge in [0.25, 0.3) is 0 Å². The molecule has 182 valence electrons. The molecule has 0 atom stereocenters. The van der Waals surface area contributed by atoms with E-state index in [1.165, 1.54) is 29.6 Å². The number of carbonyl (C=O) groups is 1. The minimum absolute atomic E-state index is 0.110. The number of aromatic nitrogens is 2. The maximum atomic E-state index is 13.2. The van der Waals surface area contributed by atoms with Crippen LogP contribution in [0.25, 0.3) is 0 Å². The Hall–Kier alpha value is -3.33. The summed E-state index contributed by atoms with van der Waals surface area (Å²) < 4.78 is 13.2. The van der Waals surface area contributed by atoms with Crippen LogP contribution in [0.1, 0.15) is 0 Å². The fourth-order valence-electron chi connectivity index (χ4n) is 4.54. The number of amides is 1. The first-order chi connectivity index (χ1) is 17.2. The van der Waals surface area contributed by atoms with E-state index in [1.54, 1.807) is 24.5 Å². The van der Waals surface area contributed by atoms with Crippen LogP contribution in [0, 0.1) is 5.82 Å². The second-order valence-corrected chi connectivity index (χ2v) is 9.59. The Bertz CT molecular complexity index is 1120. The molecule has 0 radical (unpaired) electrons. The molecule has 7 nitrogen and oxygen atoms in total. The highest BCUT2D eigenvalue weighted by Gasteiger charge is 2.24. The number of hydrogen-bond donors (Lipinski definition) is 0. The van der Waals surface area contributed by atoms with E-state index in [-0.39, 0.29) is 11.7 Å². The monoisotopic (exact) mass is 492 g/mol. The Kier molecular flexibility index (Phi) is 7.32. The van der Waals surface area contributed by atoms with Crippen molar-refractivity contribution < 1.29 is 9.18 Å². The first kappa shape index (κ1) is 23.4. The Morgan fingerprint density at radius 1 is 0.743 bits per heavy atom. The molecule has 0 unspecified atom stereocenters. The highest BCUT2D eigenvalue weighted by Crippen LogP contribution is 2.28. The van der Waals surface area contributed by atoms with E-state index in [0.717, 1.165) is 55.8 Å². The summed E-state index contributed by atoms with van der Waals surface area (Å²) in [6, 6.07) is 17.0. The van der Waals surface area contributed by atoms with Gasteiger partial charge in [-0.1, -0.05) is 30.0 Å². The number of hydrogen-bond acceptors (Lipinski definition) is 7. The predicted molar refractivity (Wildman–Crippen MR) is 139 cm³/mol. The van der Waals surface area contributed by atoms with Crippen molar-refractivity contribution in [1.82, 2.24) is 14.9 Å². The van der Waals surface area contributed by atoms with Crippen LogP contribution in [0.15, 0.2) is 72.0 Å². The molecule has 2 aliphatic heterocycles. The van der Waals surface area contributed by atoms with E-state index in [1.807, 2.05) is 11.0 Å². The minimum atomic E-state index is -0.235. The number of rotatable bonds is 6. The first-order valence-electron chi connectivity index (χ1n) is 11.9. The summed E-state index contributed by atoms with van der Waals surface area (Å²) in [6.45, 7) is 6.36. The first-order valence-corrected chi connectivity index (χ1v) is 12.9. The molecule has 2 fully saturated rings. The van der Waals surface area contributed by atoms with E-state index in [4.69, 9.17) is 0 Å². The van der Waals surface area contributed by atoms with E-state index >= 15 is 0 Å². The van der Waals surface area contributed by atoms with Crippen LogP contribution in [0.3, 0.4) is 0 Å². The fraction of sp³-hybridized carbons (Fsp3) is 0.346. The van der Waals surface area contributed by atoms with Gasteiger partial charge >= 0.3 is 0 Å². The van der Waals surface area contributed by atoms with E-state index in [2.05, 4.69) is 48.9 Å². The van der Waals surface area contributed by atoms with Crippen molar-refractivity contribution in [3.8, 4) is 0 Å². The van der Waals surface area contributed by atoms with Crippen LogP contribution in [0.2, 0.25) is 0 Å². The molecular weight excluding hydrogens is 463 g/mol. The molecule has 9 heteroatoms. The third-order valence-corrected chi connectivity index (χ3v) is 7.46. The number of thioether (sulfide) groups is 1. The van der Waals surface area contributed by atoms with Gasteiger partial charge in [0.2, 0.25) is 5.91 Å². The number of anilines is 3. The van der Waals surface area contributed by atoms with Gasteiger partial charge in [0.15, 0.2) is 5.82 Å². The fourth-order valence-corrected chi connectivity index (χ4v) is 5.43. The highest BCUT2D eigenvalue weighted by molar-refractivity contribution is 8.00. The summed E-state index contributed by atoms with van der Waals surface area (Å²) in [7, 11) is 0. The van der Waals surface area contributed by atoms with Gasteiger partial charge in [0, 0.05) is 76.1 Å². The molecule has 5 rings (SSSR count). The quantitative estimate of drug-likeness (QED) is 0.489. The summed E-state index contributed by atoms with van der Waals surface area (Å²) in [6.07, 6.45) is 3.41. The maximum absolute atomic E-state index is 13.2. The molecule has 3 aromatic rings. The number of para-hydroxylation sites is 1. The van der Waals surface area contributed by atoms with Crippen molar-refractivity contribution in [3.63, 3.8) is 0 Å². The molecule has 0 aliphatic carbocycles. The average molecular weight is 493 g/mol. The molecule has 3 heterocycles. The van der Waals surface area contributed by atoms with Crippen LogP contribution in [-0.4, -0.2) is 78.9 Å². The third kappa shape index (κ3) is 5.67. The Balaban J connectivity index is 1.13. The van der Waals surface area contributed by atoms with Crippen molar-refractivity contribution in [3.05, 3.63) is 72.8 Å². The number of halogens is 1. The van der Waals surface area contributed by atoms with Gasteiger partial charge in [0.1, 0.15) is 10.8 Å². The van der Waals surface area contributed by atoms with Gasteiger partial charge in [0.05, 0.1) is 5.75 Å². The zero-order valence-corrected chi connectivity index (χ0v) is 20.4. The van der Waals surface area contributed by atoms with Crippen molar-refractivity contribution in [2.75, 3.05) is 72.8 Å². The van der Waals surface area contributed by atoms with Crippen LogP contribution in [-0.2, 0) is 4.79 Å². The number of benzene rings is 2. The molecule has 2 aliphatic rings. The second-order valence-electron chi connectivity index (χ2n) is 8.63. The van der Waals surface area contributed by atoms with Gasteiger partial charge < -0.3 is 19.6 Å². The lowest BCUT2D eigenvalue weighted by molar-refractivity contribution is -0.128. The van der Waals surface area contributed by atoms with Crippen molar-refractivity contribution in [2.24, 2.45) is 0 Å². The highest BCUT2D eigenvalue weighted by atomic mass is 32.2. The molecule has 0 N–H and O–H groups in total. The minimum Gasteiger partial charge on any atom is -0.368 e. The summed E-state index contributed by atoms with van der Waals surface area (Å²) in [5.41, 5.74) is 2.23. The average Bonchev–Trinajstić information content (AvgIpc) is 2.93. The third-order valence-electron chi connectivity index (χ3n) is 6.50. The molecular formula is C26H29FN6OS. The van der Waals surface area contributed by atoms with Gasteiger partial charge in [-0.15, -0.1) is 0 Å². The summed E-state index contributed by atoms with van der Waals surface area (Å²) in [5, 5.41) is 0.805. The van der Waals surface area contributed by atoms with E-state index < -0.39 is 0 Å². The summed E-state index contributed by atoms with van der Waals surface area (Å²) >= 11 is 1.46. The van der Waals surface area contributed by atoms with Crippen LogP contribution >= 0.6 is 11.8 Å². The lowest BCUT2D eigenvalue weighted by Gasteiger charge is -2.37. The van der Waals surface area contributed by atoms with Gasteiger partial charge in [-0.05, 0) is 36.4 Å². The van der Waals surface area contributed by atoms with Crippen molar-refractivity contribution >= 4 is 34.9 Å². The molecule has 0 saturated carbocycles. The Labute approximate surface area is 209 Å². The van der Waals surface area contributed by atoms with E-state index in [9.17, 15) is 9.18 Å². The molecule has 35 heavy (non-hydrogen) atoms. The number of carbonyl (C=O) groups excluding carboxylic acids is 1. The molecule has 0 spiro atoms. The standard InChI is InChI=1S/C26H29FN6OS/c27-21-6-8-23(9-7-21)31-12-16-32(17-13-31)24(34)20-35-26-25(28-10-11-29-26)33-18-14-30(15-19-33)22-4-2-1-3-5-22/h1-11H,12-20H2. The van der Waals surface area contributed by atoms with Gasteiger partial charge in [-0.3, -0.25) is 4.79 Å². The normalized spacial score (nSPS) is 16.5. The topological polar surface area (TPSA) is 55.8 Å². The predicted octanol–water partition coefficient (Wildman–Crippen LogP) is 3.38. The maximum Gasteiger partial charge on any atom is 0.233 e. The molecule has 2 aromatic carbocycles. The van der Waals surface area contributed by atoms with Crippen LogP contribution in [0.4, 0.5) is 21.6 Å². The van der Waals surface area contributed by atoms with Gasteiger partial charge in [-0.2, -0.15) is 0 Å². The zero-order valence-electron chi connectivity index (χ0n) is 19.6. The van der Waals surface area contributed by atoms with Crippen LogP contribution < -0.4 is 14.7 Å². The largest absolute Gasteiger partial charge is 0.368 e.